The van der Waals surface area contributed by atoms with Gasteiger partial charge in [0.15, 0.2) is 0 Å². The predicted octanol–water partition coefficient (Wildman–Crippen LogP) is 4.99. The summed E-state index contributed by atoms with van der Waals surface area (Å²) in [4.78, 5) is 11.2. The Morgan fingerprint density at radius 2 is 2.04 bits per heavy atom. The van der Waals surface area contributed by atoms with Crippen LogP contribution in [0.1, 0.15) is 16.8 Å². The first-order chi connectivity index (χ1) is 12.5. The second-order valence-corrected chi connectivity index (χ2v) is 6.54. The average Bonchev–Trinajstić information content (AvgIpc) is 2.89. The highest BCUT2D eigenvalue weighted by molar-refractivity contribution is 6.35. The normalized spacial score (nSPS) is 11.2. The molecule has 5 nitrogen and oxygen atoms in total. The van der Waals surface area contributed by atoms with E-state index in [4.69, 9.17) is 23.2 Å². The summed E-state index contributed by atoms with van der Waals surface area (Å²) in [7, 11) is 1.29. The lowest BCUT2D eigenvalue weighted by Gasteiger charge is -2.10. The van der Waals surface area contributed by atoms with Gasteiger partial charge in [-0.3, -0.25) is 0 Å². The molecule has 0 atom stereocenters. The Kier molecular flexibility index (Phi) is 5.49. The Balaban J connectivity index is 2.03. The van der Waals surface area contributed by atoms with Crippen molar-refractivity contribution in [2.24, 2.45) is 5.10 Å². The standard InChI is InChI=1S/C19H17Cl2N3O2/c1-12-16(10-22-23-19(25)26-2)15-5-3-4-6-18(15)24(12)11-13-7-8-14(20)9-17(13)21/h3-10H,11H2,1-2H3,(H,23,25). The van der Waals surface area contributed by atoms with Crippen LogP contribution >= 0.6 is 23.2 Å². The van der Waals surface area contributed by atoms with E-state index in [1.165, 1.54) is 7.11 Å². The van der Waals surface area contributed by atoms with Gasteiger partial charge in [0, 0.05) is 38.8 Å². The van der Waals surface area contributed by atoms with Crippen LogP contribution in [-0.2, 0) is 11.3 Å². The SMILES string of the molecule is COC(=O)NN=Cc1c(C)n(Cc2ccc(Cl)cc2Cl)c2ccccc12. The minimum absolute atomic E-state index is 0.598. The summed E-state index contributed by atoms with van der Waals surface area (Å²) in [5, 5.41) is 6.23. The molecule has 0 bridgehead atoms. The summed E-state index contributed by atoms with van der Waals surface area (Å²) >= 11 is 12.3. The van der Waals surface area contributed by atoms with Crippen LogP contribution in [0.3, 0.4) is 0 Å². The third-order valence-corrected chi connectivity index (χ3v) is 4.75. The molecule has 7 heteroatoms. The van der Waals surface area contributed by atoms with Crippen molar-refractivity contribution in [1.29, 1.82) is 0 Å². The Hall–Kier alpha value is -2.50. The van der Waals surface area contributed by atoms with E-state index in [1.54, 1.807) is 12.3 Å². The van der Waals surface area contributed by atoms with Crippen LogP contribution in [0.25, 0.3) is 10.9 Å². The van der Waals surface area contributed by atoms with Crippen LogP contribution in [0, 0.1) is 6.92 Å². The number of para-hydroxylation sites is 1. The van der Waals surface area contributed by atoms with E-state index in [9.17, 15) is 4.79 Å². The zero-order valence-corrected chi connectivity index (χ0v) is 15.8. The molecule has 26 heavy (non-hydrogen) atoms. The van der Waals surface area contributed by atoms with Crippen LogP contribution in [0.5, 0.6) is 0 Å². The third-order valence-electron chi connectivity index (χ3n) is 4.16. The number of rotatable bonds is 4. The second kappa shape index (κ2) is 7.81. The van der Waals surface area contributed by atoms with E-state index in [0.717, 1.165) is 27.7 Å². The van der Waals surface area contributed by atoms with Crippen LogP contribution in [0.15, 0.2) is 47.6 Å². The summed E-state index contributed by atoms with van der Waals surface area (Å²) in [6.45, 7) is 2.60. The topological polar surface area (TPSA) is 55.6 Å². The van der Waals surface area contributed by atoms with Crippen molar-refractivity contribution in [3.05, 3.63) is 69.3 Å². The highest BCUT2D eigenvalue weighted by atomic mass is 35.5. The molecule has 0 fully saturated rings. The molecule has 0 saturated heterocycles. The molecule has 1 N–H and O–H groups in total. The number of halogens is 2. The lowest BCUT2D eigenvalue weighted by molar-refractivity contribution is 0.171. The van der Waals surface area contributed by atoms with Crippen molar-refractivity contribution in [3.8, 4) is 0 Å². The molecule has 0 aliphatic heterocycles. The zero-order valence-electron chi connectivity index (χ0n) is 14.3. The molecule has 1 aromatic heterocycles. The van der Waals surface area contributed by atoms with Crippen LogP contribution in [0.4, 0.5) is 4.79 Å². The van der Waals surface area contributed by atoms with Gasteiger partial charge < -0.3 is 9.30 Å². The fourth-order valence-corrected chi connectivity index (χ4v) is 3.31. The number of carbonyl (C=O) groups is 1. The maximum atomic E-state index is 11.2. The summed E-state index contributed by atoms with van der Waals surface area (Å²) in [6, 6.07) is 13.5. The fourth-order valence-electron chi connectivity index (χ4n) is 2.84. The number of ether oxygens (including phenoxy) is 1. The monoisotopic (exact) mass is 389 g/mol. The predicted molar refractivity (Wildman–Crippen MR) is 105 cm³/mol. The highest BCUT2D eigenvalue weighted by Crippen LogP contribution is 2.28. The highest BCUT2D eigenvalue weighted by Gasteiger charge is 2.14. The number of hydrogen-bond acceptors (Lipinski definition) is 3. The fraction of sp³-hybridized carbons (Fsp3) is 0.158. The van der Waals surface area contributed by atoms with E-state index < -0.39 is 6.09 Å². The van der Waals surface area contributed by atoms with Gasteiger partial charge in [0.2, 0.25) is 0 Å². The number of fused-ring (bicyclic) bond motifs is 1. The maximum Gasteiger partial charge on any atom is 0.427 e. The molecule has 0 saturated carbocycles. The number of benzene rings is 2. The first-order valence-electron chi connectivity index (χ1n) is 7.90. The van der Waals surface area contributed by atoms with Gasteiger partial charge in [-0.1, -0.05) is 47.5 Å². The summed E-state index contributed by atoms with van der Waals surface area (Å²) < 4.78 is 6.68. The first-order valence-corrected chi connectivity index (χ1v) is 8.65. The number of amides is 1. The first kappa shape index (κ1) is 18.3. The molecule has 3 aromatic rings. The van der Waals surface area contributed by atoms with Gasteiger partial charge in [-0.2, -0.15) is 5.10 Å². The van der Waals surface area contributed by atoms with E-state index in [2.05, 4.69) is 19.8 Å². The Bertz CT molecular complexity index is 996. The molecular weight excluding hydrogens is 373 g/mol. The van der Waals surface area contributed by atoms with Crippen molar-refractivity contribution < 1.29 is 9.53 Å². The average molecular weight is 390 g/mol. The summed E-state index contributed by atoms with van der Waals surface area (Å²) in [6.07, 6.45) is 1.00. The second-order valence-electron chi connectivity index (χ2n) is 5.70. The molecule has 3 rings (SSSR count). The summed E-state index contributed by atoms with van der Waals surface area (Å²) in [5.74, 6) is 0. The lowest BCUT2D eigenvalue weighted by atomic mass is 10.1. The number of aromatic nitrogens is 1. The molecule has 1 heterocycles. The molecule has 2 aromatic carbocycles. The largest absolute Gasteiger partial charge is 0.452 e. The number of hydrogen-bond donors (Lipinski definition) is 1. The van der Waals surface area contributed by atoms with Crippen molar-refractivity contribution in [3.63, 3.8) is 0 Å². The van der Waals surface area contributed by atoms with Gasteiger partial charge in [0.1, 0.15) is 0 Å². The molecular formula is C19H17Cl2N3O2. The number of nitrogens with one attached hydrogen (secondary N) is 1. The van der Waals surface area contributed by atoms with Gasteiger partial charge in [0.25, 0.3) is 0 Å². The smallest absolute Gasteiger partial charge is 0.427 e. The molecule has 134 valence electrons. The molecule has 0 spiro atoms. The van der Waals surface area contributed by atoms with E-state index in [-0.39, 0.29) is 0 Å². The van der Waals surface area contributed by atoms with Crippen LogP contribution in [-0.4, -0.2) is 24.0 Å². The van der Waals surface area contributed by atoms with Gasteiger partial charge >= 0.3 is 6.09 Å². The number of methoxy groups -OCH3 is 1. The van der Waals surface area contributed by atoms with Gasteiger partial charge in [-0.15, -0.1) is 0 Å². The van der Waals surface area contributed by atoms with Crippen LogP contribution < -0.4 is 5.43 Å². The van der Waals surface area contributed by atoms with E-state index in [1.807, 2.05) is 43.3 Å². The molecule has 0 radical (unpaired) electrons. The molecule has 0 unspecified atom stereocenters. The Morgan fingerprint density at radius 1 is 1.27 bits per heavy atom. The van der Waals surface area contributed by atoms with E-state index in [0.29, 0.717) is 16.6 Å². The summed E-state index contributed by atoms with van der Waals surface area (Å²) in [5.41, 5.74) is 6.26. The van der Waals surface area contributed by atoms with Crippen molar-refractivity contribution in [2.75, 3.05) is 7.11 Å². The zero-order chi connectivity index (χ0) is 18.7. The van der Waals surface area contributed by atoms with Gasteiger partial charge in [0.05, 0.1) is 13.3 Å². The van der Waals surface area contributed by atoms with Crippen molar-refractivity contribution in [2.45, 2.75) is 13.5 Å². The third kappa shape index (κ3) is 3.69. The van der Waals surface area contributed by atoms with Gasteiger partial charge in [-0.05, 0) is 30.7 Å². The molecule has 1 amide bonds. The maximum absolute atomic E-state index is 11.2. The minimum atomic E-state index is -0.615. The number of carbonyl (C=O) groups excluding carboxylic acids is 1. The Labute approximate surface area is 161 Å². The lowest BCUT2D eigenvalue weighted by Crippen LogP contribution is -2.16. The van der Waals surface area contributed by atoms with Crippen LogP contribution in [0.2, 0.25) is 10.0 Å². The Morgan fingerprint density at radius 3 is 2.77 bits per heavy atom. The van der Waals surface area contributed by atoms with Crippen molar-refractivity contribution >= 4 is 46.4 Å². The minimum Gasteiger partial charge on any atom is -0.452 e. The van der Waals surface area contributed by atoms with Crippen molar-refractivity contribution in [1.82, 2.24) is 9.99 Å². The van der Waals surface area contributed by atoms with Gasteiger partial charge in [-0.25, -0.2) is 10.2 Å². The molecule has 0 aliphatic rings. The van der Waals surface area contributed by atoms with E-state index >= 15 is 0 Å². The quantitative estimate of drug-likeness (QED) is 0.504. The number of nitrogens with zero attached hydrogens (tertiary/aromatic N) is 2. The molecule has 0 aliphatic carbocycles. The number of hydrazone groups is 1.